The second-order valence-corrected chi connectivity index (χ2v) is 2.72. The third-order valence-electron chi connectivity index (χ3n) is 1.16. The Labute approximate surface area is 62.2 Å². The van der Waals surface area contributed by atoms with Crippen LogP contribution in [0.15, 0.2) is 22.8 Å². The van der Waals surface area contributed by atoms with Crippen LogP contribution in [-0.4, -0.2) is 0 Å². The maximum Gasteiger partial charge on any atom is 0.0149 e. The number of rotatable bonds is 2. The lowest BCUT2D eigenvalue weighted by atomic mass is 10.2. The van der Waals surface area contributed by atoms with Crippen molar-refractivity contribution in [3.05, 3.63) is 22.8 Å². The van der Waals surface area contributed by atoms with Crippen LogP contribution in [0.25, 0.3) is 0 Å². The zero-order valence-electron chi connectivity index (χ0n) is 6.24. The molecule has 9 heavy (non-hydrogen) atoms. The minimum absolute atomic E-state index is 0.836. The second-order valence-electron chi connectivity index (χ2n) is 2.12. The molecule has 0 aromatic carbocycles. The Morgan fingerprint density at radius 2 is 1.89 bits per heavy atom. The van der Waals surface area contributed by atoms with Crippen LogP contribution < -0.4 is 0 Å². The molecule has 0 saturated carbocycles. The summed E-state index contributed by atoms with van der Waals surface area (Å²) in [4.78, 5) is 0. The van der Waals surface area contributed by atoms with Crippen molar-refractivity contribution in [2.24, 2.45) is 0 Å². The van der Waals surface area contributed by atoms with E-state index in [1.807, 2.05) is 19.1 Å². The predicted molar refractivity (Wildman–Crippen MR) is 43.7 cm³/mol. The summed E-state index contributed by atoms with van der Waals surface area (Å²) in [6.45, 7) is 6.10. The molecule has 0 fully saturated rings. The number of allylic oxidation sites excluding steroid dienone is 4. The summed E-state index contributed by atoms with van der Waals surface area (Å²) < 4.78 is 0. The lowest BCUT2D eigenvalue weighted by Crippen LogP contribution is -1.67. The summed E-state index contributed by atoms with van der Waals surface area (Å²) in [6.07, 6.45) is 5.06. The fourth-order valence-corrected chi connectivity index (χ4v) is 0.438. The Balaban J connectivity index is 3.83. The van der Waals surface area contributed by atoms with Crippen molar-refractivity contribution in [2.75, 3.05) is 0 Å². The first-order valence-electron chi connectivity index (χ1n) is 3.16. The van der Waals surface area contributed by atoms with Gasteiger partial charge in [-0.15, -0.1) is 0 Å². The van der Waals surface area contributed by atoms with Crippen LogP contribution in [0.2, 0.25) is 0 Å². The van der Waals surface area contributed by atoms with Gasteiger partial charge in [-0.3, -0.25) is 0 Å². The molecule has 0 aromatic heterocycles. The van der Waals surface area contributed by atoms with Crippen LogP contribution in [0.3, 0.4) is 0 Å². The molecule has 0 bridgehead atoms. The molecule has 0 saturated heterocycles. The highest BCUT2D eigenvalue weighted by molar-refractivity contribution is 6.29. The van der Waals surface area contributed by atoms with E-state index in [2.05, 4.69) is 13.8 Å². The molecular weight excluding hydrogens is 132 g/mol. The summed E-state index contributed by atoms with van der Waals surface area (Å²) in [5.41, 5.74) is 1.36. The Bertz CT molecular complexity index is 128. The van der Waals surface area contributed by atoms with Crippen LogP contribution in [0.5, 0.6) is 0 Å². The highest BCUT2D eigenvalue weighted by atomic mass is 35.5. The largest absolute Gasteiger partial charge is 0.0895 e. The molecular formula is C8H13Cl. The van der Waals surface area contributed by atoms with Crippen LogP contribution >= 0.6 is 11.6 Å². The number of halogens is 1. The molecule has 0 atom stereocenters. The molecule has 0 amide bonds. The van der Waals surface area contributed by atoms with Gasteiger partial charge in [0.2, 0.25) is 0 Å². The van der Waals surface area contributed by atoms with Gasteiger partial charge >= 0.3 is 0 Å². The molecule has 0 unspecified atom stereocenters. The van der Waals surface area contributed by atoms with Crippen molar-refractivity contribution < 1.29 is 0 Å². The first-order valence-corrected chi connectivity index (χ1v) is 3.54. The highest BCUT2D eigenvalue weighted by Gasteiger charge is 1.79. The molecule has 0 spiro atoms. The van der Waals surface area contributed by atoms with Crippen molar-refractivity contribution in [3.8, 4) is 0 Å². The van der Waals surface area contributed by atoms with Gasteiger partial charge in [0.05, 0.1) is 0 Å². The third-order valence-corrected chi connectivity index (χ3v) is 1.28. The van der Waals surface area contributed by atoms with Crippen LogP contribution in [0.1, 0.15) is 27.2 Å². The van der Waals surface area contributed by atoms with E-state index < -0.39 is 0 Å². The third kappa shape index (κ3) is 5.64. The van der Waals surface area contributed by atoms with E-state index in [1.165, 1.54) is 5.57 Å². The fraction of sp³-hybridized carbons (Fsp3) is 0.500. The van der Waals surface area contributed by atoms with Crippen LogP contribution in [-0.2, 0) is 0 Å². The first-order chi connectivity index (χ1) is 4.16. The zero-order chi connectivity index (χ0) is 7.28. The molecule has 0 aliphatic carbocycles. The van der Waals surface area contributed by atoms with E-state index in [0.29, 0.717) is 0 Å². The Kier molecular flexibility index (Phi) is 4.51. The van der Waals surface area contributed by atoms with Crippen LogP contribution in [0.4, 0.5) is 0 Å². The molecule has 52 valence electrons. The maximum atomic E-state index is 5.60. The highest BCUT2D eigenvalue weighted by Crippen LogP contribution is 2.02. The lowest BCUT2D eigenvalue weighted by molar-refractivity contribution is 1.10. The Morgan fingerprint density at radius 1 is 1.33 bits per heavy atom. The minimum Gasteiger partial charge on any atom is -0.0895 e. The summed E-state index contributed by atoms with van der Waals surface area (Å²) in [7, 11) is 0. The quantitative estimate of drug-likeness (QED) is 0.521. The average molecular weight is 145 g/mol. The van der Waals surface area contributed by atoms with Gasteiger partial charge < -0.3 is 0 Å². The van der Waals surface area contributed by atoms with Gasteiger partial charge in [0, 0.05) is 5.03 Å². The maximum absolute atomic E-state index is 5.60. The monoisotopic (exact) mass is 144 g/mol. The molecule has 0 radical (unpaired) electrons. The summed E-state index contributed by atoms with van der Waals surface area (Å²) in [5, 5.41) is 0.836. The zero-order valence-corrected chi connectivity index (χ0v) is 7.00. The standard InChI is InChI=1S/C8H13Cl/c1-4-7(2)5-6-8(3)9/h5-6H,4H2,1-3H3/b7-5-,8-6+. The Morgan fingerprint density at radius 3 is 2.22 bits per heavy atom. The van der Waals surface area contributed by atoms with Crippen molar-refractivity contribution in [1.29, 1.82) is 0 Å². The van der Waals surface area contributed by atoms with Gasteiger partial charge in [0.1, 0.15) is 0 Å². The van der Waals surface area contributed by atoms with E-state index in [9.17, 15) is 0 Å². The van der Waals surface area contributed by atoms with E-state index in [4.69, 9.17) is 11.6 Å². The van der Waals surface area contributed by atoms with Crippen molar-refractivity contribution in [1.82, 2.24) is 0 Å². The van der Waals surface area contributed by atoms with Crippen molar-refractivity contribution >= 4 is 11.6 Å². The molecule has 0 aliphatic rings. The first kappa shape index (κ1) is 8.77. The number of hydrogen-bond acceptors (Lipinski definition) is 0. The van der Waals surface area contributed by atoms with Gasteiger partial charge in [0.15, 0.2) is 0 Å². The molecule has 0 aliphatic heterocycles. The minimum atomic E-state index is 0.836. The van der Waals surface area contributed by atoms with E-state index in [-0.39, 0.29) is 0 Å². The smallest absolute Gasteiger partial charge is 0.0149 e. The predicted octanol–water partition coefficient (Wildman–Crippen LogP) is 3.49. The molecule has 0 aromatic rings. The second kappa shape index (κ2) is 4.63. The molecule has 0 N–H and O–H groups in total. The summed E-state index contributed by atoms with van der Waals surface area (Å²) >= 11 is 5.60. The van der Waals surface area contributed by atoms with Gasteiger partial charge in [-0.05, 0) is 26.3 Å². The average Bonchev–Trinajstić information content (AvgIpc) is 1.83. The molecule has 0 nitrogen and oxygen atoms in total. The fourth-order valence-electron chi connectivity index (χ4n) is 0.375. The van der Waals surface area contributed by atoms with Gasteiger partial charge in [0.25, 0.3) is 0 Å². The topological polar surface area (TPSA) is 0 Å². The number of hydrogen-bond donors (Lipinski definition) is 0. The van der Waals surface area contributed by atoms with Gasteiger partial charge in [-0.1, -0.05) is 30.2 Å². The molecule has 0 heterocycles. The SMILES string of the molecule is CC/C(C)=C\C=C(/C)Cl. The van der Waals surface area contributed by atoms with Crippen molar-refractivity contribution in [3.63, 3.8) is 0 Å². The molecule has 1 heteroatoms. The normalized spacial score (nSPS) is 14.2. The van der Waals surface area contributed by atoms with E-state index in [1.54, 1.807) is 0 Å². The summed E-state index contributed by atoms with van der Waals surface area (Å²) in [6, 6.07) is 0. The molecule has 0 rings (SSSR count). The van der Waals surface area contributed by atoms with Crippen LogP contribution in [0, 0.1) is 0 Å². The summed E-state index contributed by atoms with van der Waals surface area (Å²) in [5.74, 6) is 0. The van der Waals surface area contributed by atoms with Crippen molar-refractivity contribution in [2.45, 2.75) is 27.2 Å². The van der Waals surface area contributed by atoms with Gasteiger partial charge in [-0.25, -0.2) is 0 Å². The van der Waals surface area contributed by atoms with Gasteiger partial charge in [-0.2, -0.15) is 0 Å². The van der Waals surface area contributed by atoms with E-state index in [0.717, 1.165) is 11.5 Å². The van der Waals surface area contributed by atoms with E-state index >= 15 is 0 Å². The Hall–Kier alpha value is -0.230. The lowest BCUT2D eigenvalue weighted by Gasteiger charge is -1.88.